The van der Waals surface area contributed by atoms with Gasteiger partial charge < -0.3 is 5.32 Å². The van der Waals surface area contributed by atoms with E-state index in [-0.39, 0.29) is 0 Å². The Morgan fingerprint density at radius 3 is 2.38 bits per heavy atom. The highest BCUT2D eigenvalue weighted by molar-refractivity contribution is 4.95. The summed E-state index contributed by atoms with van der Waals surface area (Å²) in [5, 5.41) is 3.42. The van der Waals surface area contributed by atoms with E-state index in [9.17, 15) is 0 Å². The lowest BCUT2D eigenvalue weighted by Crippen LogP contribution is -2.30. The molecule has 0 saturated carbocycles. The van der Waals surface area contributed by atoms with Crippen LogP contribution in [0.3, 0.4) is 0 Å². The fraction of sp³-hybridized carbons (Fsp3) is 0.833. The molecule has 0 aromatic heterocycles. The van der Waals surface area contributed by atoms with Crippen LogP contribution in [-0.2, 0) is 0 Å². The van der Waals surface area contributed by atoms with E-state index in [4.69, 9.17) is 0 Å². The topological polar surface area (TPSA) is 12.0 Å². The molecule has 0 rings (SSSR count). The fourth-order valence-corrected chi connectivity index (χ4v) is 0.901. The third-order valence-electron chi connectivity index (χ3n) is 2.53. The van der Waals surface area contributed by atoms with Crippen LogP contribution >= 0.6 is 0 Å². The van der Waals surface area contributed by atoms with Gasteiger partial charge in [-0.25, -0.2) is 0 Å². The Morgan fingerprint density at radius 1 is 1.31 bits per heavy atom. The standard InChI is InChI=1S/C12H23N/c1-6-7-8-9-13-10-11(2)12(3,4)5/h11,13H,8-10H2,1-5H3. The Bertz CT molecular complexity index is 178. The zero-order chi connectivity index (χ0) is 10.3. The number of rotatable bonds is 4. The van der Waals surface area contributed by atoms with Gasteiger partial charge in [-0.1, -0.05) is 27.7 Å². The molecule has 0 radical (unpaired) electrons. The van der Waals surface area contributed by atoms with E-state index in [0.717, 1.165) is 19.5 Å². The van der Waals surface area contributed by atoms with Gasteiger partial charge >= 0.3 is 0 Å². The van der Waals surface area contributed by atoms with Crippen molar-refractivity contribution in [3.8, 4) is 11.8 Å². The van der Waals surface area contributed by atoms with E-state index < -0.39 is 0 Å². The SMILES string of the molecule is CC#CCCNCC(C)C(C)(C)C. The lowest BCUT2D eigenvalue weighted by atomic mass is 9.82. The summed E-state index contributed by atoms with van der Waals surface area (Å²) in [7, 11) is 0. The average molecular weight is 181 g/mol. The van der Waals surface area contributed by atoms with E-state index in [2.05, 4.69) is 44.9 Å². The van der Waals surface area contributed by atoms with Crippen molar-refractivity contribution in [2.45, 2.75) is 41.0 Å². The van der Waals surface area contributed by atoms with Crippen molar-refractivity contribution < 1.29 is 0 Å². The molecule has 0 aromatic rings. The summed E-state index contributed by atoms with van der Waals surface area (Å²) in [4.78, 5) is 0. The number of hydrogen-bond acceptors (Lipinski definition) is 1. The van der Waals surface area contributed by atoms with Crippen molar-refractivity contribution in [3.63, 3.8) is 0 Å². The molecule has 13 heavy (non-hydrogen) atoms. The van der Waals surface area contributed by atoms with Crippen LogP contribution < -0.4 is 5.32 Å². The third kappa shape index (κ3) is 6.66. The highest BCUT2D eigenvalue weighted by Gasteiger charge is 2.18. The molecule has 1 N–H and O–H groups in total. The zero-order valence-corrected chi connectivity index (χ0v) is 9.70. The molecular weight excluding hydrogens is 158 g/mol. The second kappa shape index (κ2) is 6.05. The Kier molecular flexibility index (Phi) is 5.82. The molecule has 0 aliphatic carbocycles. The van der Waals surface area contributed by atoms with Gasteiger partial charge in [0.15, 0.2) is 0 Å². The minimum Gasteiger partial charge on any atom is -0.315 e. The quantitative estimate of drug-likeness (QED) is 0.519. The predicted octanol–water partition coefficient (Wildman–Crippen LogP) is 2.67. The minimum absolute atomic E-state index is 0.406. The van der Waals surface area contributed by atoms with E-state index in [1.165, 1.54) is 0 Å². The first-order valence-corrected chi connectivity index (χ1v) is 5.08. The van der Waals surface area contributed by atoms with Crippen LogP contribution in [0.4, 0.5) is 0 Å². The van der Waals surface area contributed by atoms with Gasteiger partial charge in [0.25, 0.3) is 0 Å². The first-order chi connectivity index (χ1) is 5.98. The Balaban J connectivity index is 3.46. The molecule has 76 valence electrons. The van der Waals surface area contributed by atoms with Crippen LogP contribution in [0.15, 0.2) is 0 Å². The third-order valence-corrected chi connectivity index (χ3v) is 2.53. The molecule has 1 nitrogen and oxygen atoms in total. The first-order valence-electron chi connectivity index (χ1n) is 5.08. The molecule has 0 aliphatic rings. The second-order valence-corrected chi connectivity index (χ2v) is 4.65. The molecule has 0 aliphatic heterocycles. The van der Waals surface area contributed by atoms with Crippen LogP contribution in [0, 0.1) is 23.2 Å². The summed E-state index contributed by atoms with van der Waals surface area (Å²) in [6.45, 7) is 13.1. The highest BCUT2D eigenvalue weighted by Crippen LogP contribution is 2.24. The van der Waals surface area contributed by atoms with Gasteiger partial charge in [-0.05, 0) is 24.8 Å². The van der Waals surface area contributed by atoms with Gasteiger partial charge in [0.1, 0.15) is 0 Å². The van der Waals surface area contributed by atoms with Gasteiger partial charge in [0.2, 0.25) is 0 Å². The molecule has 1 unspecified atom stereocenters. The average Bonchev–Trinajstić information content (AvgIpc) is 2.02. The molecule has 0 heterocycles. The van der Waals surface area contributed by atoms with Crippen molar-refractivity contribution in [3.05, 3.63) is 0 Å². The van der Waals surface area contributed by atoms with Crippen LogP contribution in [0.2, 0.25) is 0 Å². The maximum atomic E-state index is 3.42. The number of nitrogens with one attached hydrogen (secondary N) is 1. The Morgan fingerprint density at radius 2 is 1.92 bits per heavy atom. The fourth-order valence-electron chi connectivity index (χ4n) is 0.901. The van der Waals surface area contributed by atoms with Crippen molar-refractivity contribution in [2.24, 2.45) is 11.3 Å². The van der Waals surface area contributed by atoms with Crippen molar-refractivity contribution in [2.75, 3.05) is 13.1 Å². The van der Waals surface area contributed by atoms with Crippen LogP contribution in [0.5, 0.6) is 0 Å². The zero-order valence-electron chi connectivity index (χ0n) is 9.70. The lowest BCUT2D eigenvalue weighted by Gasteiger charge is -2.27. The van der Waals surface area contributed by atoms with Crippen LogP contribution in [0.1, 0.15) is 41.0 Å². The van der Waals surface area contributed by atoms with Gasteiger partial charge in [-0.3, -0.25) is 0 Å². The summed E-state index contributed by atoms with van der Waals surface area (Å²) < 4.78 is 0. The van der Waals surface area contributed by atoms with Gasteiger partial charge in [-0.2, -0.15) is 0 Å². The summed E-state index contributed by atoms with van der Waals surface area (Å²) in [6.07, 6.45) is 0.966. The molecular formula is C12H23N. The highest BCUT2D eigenvalue weighted by atomic mass is 14.9. The molecule has 1 atom stereocenters. The first kappa shape index (κ1) is 12.5. The molecule has 1 heteroatoms. The largest absolute Gasteiger partial charge is 0.315 e. The monoisotopic (exact) mass is 181 g/mol. The van der Waals surface area contributed by atoms with E-state index in [1.54, 1.807) is 0 Å². The Labute approximate surface area is 83.3 Å². The van der Waals surface area contributed by atoms with E-state index >= 15 is 0 Å². The molecule has 0 aromatic carbocycles. The summed E-state index contributed by atoms with van der Waals surface area (Å²) >= 11 is 0. The summed E-state index contributed by atoms with van der Waals surface area (Å²) in [5.41, 5.74) is 0.406. The maximum Gasteiger partial charge on any atom is 0.0214 e. The molecule has 0 saturated heterocycles. The van der Waals surface area contributed by atoms with Gasteiger partial charge in [0.05, 0.1) is 0 Å². The van der Waals surface area contributed by atoms with E-state index in [1.807, 2.05) is 6.92 Å². The second-order valence-electron chi connectivity index (χ2n) is 4.65. The molecule has 0 fully saturated rings. The summed E-state index contributed by atoms with van der Waals surface area (Å²) in [5.74, 6) is 6.65. The minimum atomic E-state index is 0.406. The van der Waals surface area contributed by atoms with Gasteiger partial charge in [-0.15, -0.1) is 11.8 Å². The van der Waals surface area contributed by atoms with Crippen LogP contribution in [-0.4, -0.2) is 13.1 Å². The predicted molar refractivity (Wildman–Crippen MR) is 59.6 cm³/mol. The lowest BCUT2D eigenvalue weighted by molar-refractivity contribution is 0.254. The number of hydrogen-bond donors (Lipinski definition) is 1. The van der Waals surface area contributed by atoms with Gasteiger partial charge in [0, 0.05) is 13.0 Å². The van der Waals surface area contributed by atoms with Crippen molar-refractivity contribution in [1.82, 2.24) is 5.32 Å². The summed E-state index contributed by atoms with van der Waals surface area (Å²) in [6, 6.07) is 0. The normalized spacial score (nSPS) is 13.3. The van der Waals surface area contributed by atoms with Crippen molar-refractivity contribution >= 4 is 0 Å². The molecule has 0 spiro atoms. The Hall–Kier alpha value is -0.480. The molecule has 0 amide bonds. The van der Waals surface area contributed by atoms with Crippen molar-refractivity contribution in [1.29, 1.82) is 0 Å². The van der Waals surface area contributed by atoms with Crippen LogP contribution in [0.25, 0.3) is 0 Å². The maximum absolute atomic E-state index is 3.42. The smallest absolute Gasteiger partial charge is 0.0214 e. The van der Waals surface area contributed by atoms with E-state index in [0.29, 0.717) is 11.3 Å². The molecule has 0 bridgehead atoms.